The van der Waals surface area contributed by atoms with Gasteiger partial charge in [0.15, 0.2) is 0 Å². The molecule has 9 heteroatoms. The van der Waals surface area contributed by atoms with E-state index < -0.39 is 25.9 Å². The lowest BCUT2D eigenvalue weighted by Gasteiger charge is -2.08. The minimum Gasteiger partial charge on any atom is -0.243 e. The van der Waals surface area contributed by atoms with Crippen molar-refractivity contribution in [2.45, 2.75) is 11.3 Å². The number of alkyl halides is 2. The molecular weight excluding hydrogens is 386 g/mol. The van der Waals surface area contributed by atoms with Crippen LogP contribution in [-0.4, -0.2) is 13.4 Å². The van der Waals surface area contributed by atoms with E-state index in [-0.39, 0.29) is 8.72 Å². The monoisotopic (exact) mass is 387 g/mol. The highest BCUT2D eigenvalue weighted by atomic mass is 127. The Labute approximate surface area is 107 Å². The Balaban J connectivity index is 3.65. The molecule has 0 radical (unpaired) electrons. The van der Waals surface area contributed by atoms with Gasteiger partial charge in [-0.25, -0.2) is 22.2 Å². The molecule has 15 heavy (non-hydrogen) atoms. The van der Waals surface area contributed by atoms with Gasteiger partial charge in [-0.15, -0.1) is 0 Å². The molecule has 1 aromatic heterocycles. The lowest BCUT2D eigenvalue weighted by molar-refractivity contribution is 0.147. The molecule has 84 valence electrons. The van der Waals surface area contributed by atoms with Gasteiger partial charge in [0, 0.05) is 16.9 Å². The smallest absolute Gasteiger partial charge is 0.243 e. The molecule has 0 spiro atoms. The molecule has 0 aliphatic heterocycles. The number of halogens is 5. The van der Waals surface area contributed by atoms with Crippen LogP contribution in [0.2, 0.25) is 5.15 Å². The maximum Gasteiger partial charge on any atom is 0.266 e. The van der Waals surface area contributed by atoms with Crippen LogP contribution in [0.5, 0.6) is 0 Å². The van der Waals surface area contributed by atoms with Gasteiger partial charge in [-0.05, 0) is 22.6 Å². The summed E-state index contributed by atoms with van der Waals surface area (Å²) in [5.74, 6) is 0. The van der Waals surface area contributed by atoms with Crippen LogP contribution in [-0.2, 0) is 9.05 Å². The maximum absolute atomic E-state index is 12.5. The summed E-state index contributed by atoms with van der Waals surface area (Å²) in [6, 6.07) is 0. The van der Waals surface area contributed by atoms with Crippen molar-refractivity contribution in [3.63, 3.8) is 0 Å². The van der Waals surface area contributed by atoms with Gasteiger partial charge >= 0.3 is 0 Å². The third kappa shape index (κ3) is 2.89. The van der Waals surface area contributed by atoms with Crippen LogP contribution >= 0.6 is 44.9 Å². The Morgan fingerprint density at radius 1 is 1.47 bits per heavy atom. The van der Waals surface area contributed by atoms with E-state index in [4.69, 9.17) is 22.3 Å². The summed E-state index contributed by atoms with van der Waals surface area (Å²) in [6.45, 7) is 0. The second-order valence-electron chi connectivity index (χ2n) is 2.39. The quantitative estimate of drug-likeness (QED) is 0.444. The van der Waals surface area contributed by atoms with Gasteiger partial charge in [-0.1, -0.05) is 11.6 Å². The molecule has 0 aliphatic carbocycles. The number of aromatic nitrogens is 1. The van der Waals surface area contributed by atoms with Crippen molar-refractivity contribution in [3.05, 3.63) is 20.5 Å². The van der Waals surface area contributed by atoms with E-state index in [1.165, 1.54) is 22.6 Å². The van der Waals surface area contributed by atoms with E-state index in [1.54, 1.807) is 0 Å². The Bertz CT molecular complexity index is 494. The van der Waals surface area contributed by atoms with Crippen LogP contribution in [0, 0.1) is 3.57 Å². The van der Waals surface area contributed by atoms with Crippen molar-refractivity contribution in [2.24, 2.45) is 0 Å². The van der Waals surface area contributed by atoms with Gasteiger partial charge in [0.05, 0.1) is 9.13 Å². The number of rotatable bonds is 2. The van der Waals surface area contributed by atoms with Crippen molar-refractivity contribution in [1.82, 2.24) is 4.98 Å². The van der Waals surface area contributed by atoms with Gasteiger partial charge < -0.3 is 0 Å². The molecular formula is C6H2Cl2F2INO2S. The van der Waals surface area contributed by atoms with Crippen LogP contribution in [0.15, 0.2) is 11.1 Å². The molecule has 0 saturated carbocycles. The van der Waals surface area contributed by atoms with E-state index in [1.807, 2.05) is 0 Å². The van der Waals surface area contributed by atoms with Gasteiger partial charge in [-0.3, -0.25) is 0 Å². The SMILES string of the molecule is O=S(=O)(Cl)c1c(C(F)F)cnc(Cl)c1I. The predicted octanol–water partition coefficient (Wildman–Crippen LogP) is 3.20. The fourth-order valence-corrected chi connectivity index (χ4v) is 4.01. The number of nitrogens with zero attached hydrogens (tertiary/aromatic N) is 1. The van der Waals surface area contributed by atoms with Crippen LogP contribution in [0.1, 0.15) is 12.0 Å². The first-order chi connectivity index (χ1) is 6.75. The summed E-state index contributed by atoms with van der Waals surface area (Å²) >= 11 is 7.01. The van der Waals surface area contributed by atoms with Gasteiger partial charge in [0.2, 0.25) is 0 Å². The van der Waals surface area contributed by atoms with Gasteiger partial charge in [0.1, 0.15) is 10.0 Å². The molecule has 0 amide bonds. The average Bonchev–Trinajstić information content (AvgIpc) is 2.06. The Kier molecular flexibility index (Phi) is 4.13. The summed E-state index contributed by atoms with van der Waals surface area (Å²) in [7, 11) is 0.761. The lowest BCUT2D eigenvalue weighted by Crippen LogP contribution is -2.03. The molecule has 0 atom stereocenters. The first-order valence-electron chi connectivity index (χ1n) is 3.32. The summed E-state index contributed by atoms with van der Waals surface area (Å²) in [5.41, 5.74) is -0.751. The van der Waals surface area contributed by atoms with Crippen molar-refractivity contribution in [2.75, 3.05) is 0 Å². The second-order valence-corrected chi connectivity index (χ2v) is 6.33. The maximum atomic E-state index is 12.5. The minimum atomic E-state index is -4.27. The van der Waals surface area contributed by atoms with E-state index >= 15 is 0 Å². The second kappa shape index (κ2) is 4.64. The predicted molar refractivity (Wildman–Crippen MR) is 60.0 cm³/mol. The van der Waals surface area contributed by atoms with Crippen LogP contribution in [0.4, 0.5) is 8.78 Å². The van der Waals surface area contributed by atoms with E-state index in [9.17, 15) is 17.2 Å². The summed E-state index contributed by atoms with van der Waals surface area (Å²) in [6.07, 6.45) is -2.28. The molecule has 0 fully saturated rings. The topological polar surface area (TPSA) is 47.0 Å². The molecule has 1 rings (SSSR count). The fourth-order valence-electron chi connectivity index (χ4n) is 0.865. The molecule has 0 saturated heterocycles. The first-order valence-corrected chi connectivity index (χ1v) is 7.08. The summed E-state index contributed by atoms with van der Waals surface area (Å²) in [4.78, 5) is 2.75. The first kappa shape index (κ1) is 13.3. The molecule has 0 unspecified atom stereocenters. The fraction of sp³-hybridized carbons (Fsp3) is 0.167. The van der Waals surface area contributed by atoms with E-state index in [0.717, 1.165) is 0 Å². The van der Waals surface area contributed by atoms with Crippen LogP contribution < -0.4 is 0 Å². The molecule has 0 N–H and O–H groups in total. The Hall–Kier alpha value is 0.270. The molecule has 1 aromatic rings. The normalized spacial score (nSPS) is 12.1. The van der Waals surface area contributed by atoms with Gasteiger partial charge in [0.25, 0.3) is 15.5 Å². The number of hydrogen-bond acceptors (Lipinski definition) is 3. The highest BCUT2D eigenvalue weighted by Crippen LogP contribution is 2.34. The zero-order valence-corrected chi connectivity index (χ0v) is 11.2. The molecule has 1 heterocycles. The average molecular weight is 388 g/mol. The Morgan fingerprint density at radius 3 is 2.40 bits per heavy atom. The molecule has 0 aromatic carbocycles. The number of hydrogen-bond donors (Lipinski definition) is 0. The summed E-state index contributed by atoms with van der Waals surface area (Å²) < 4.78 is 47.0. The van der Waals surface area contributed by atoms with E-state index in [0.29, 0.717) is 6.20 Å². The summed E-state index contributed by atoms with van der Waals surface area (Å²) in [5, 5.41) is -0.181. The molecule has 0 bridgehead atoms. The lowest BCUT2D eigenvalue weighted by atomic mass is 10.3. The van der Waals surface area contributed by atoms with Crippen molar-refractivity contribution in [1.29, 1.82) is 0 Å². The standard InChI is InChI=1S/C6H2Cl2F2INO2S/c7-5-3(11)4(15(8,13)14)2(1-12-5)6(9)10/h1,6H. The third-order valence-electron chi connectivity index (χ3n) is 1.44. The zero-order valence-electron chi connectivity index (χ0n) is 6.72. The Morgan fingerprint density at radius 2 is 2.00 bits per heavy atom. The van der Waals surface area contributed by atoms with Crippen molar-refractivity contribution >= 4 is 53.9 Å². The van der Waals surface area contributed by atoms with Crippen molar-refractivity contribution in [3.8, 4) is 0 Å². The highest BCUT2D eigenvalue weighted by Gasteiger charge is 2.26. The highest BCUT2D eigenvalue weighted by molar-refractivity contribution is 14.1. The zero-order chi connectivity index (χ0) is 11.8. The largest absolute Gasteiger partial charge is 0.266 e. The minimum absolute atomic E-state index is 0.109. The van der Waals surface area contributed by atoms with Crippen LogP contribution in [0.3, 0.4) is 0 Å². The van der Waals surface area contributed by atoms with E-state index in [2.05, 4.69) is 4.98 Å². The number of pyridine rings is 1. The van der Waals surface area contributed by atoms with Crippen molar-refractivity contribution < 1.29 is 17.2 Å². The third-order valence-corrected chi connectivity index (χ3v) is 4.85. The molecule has 0 aliphatic rings. The van der Waals surface area contributed by atoms with Gasteiger partial charge in [-0.2, -0.15) is 0 Å². The van der Waals surface area contributed by atoms with Crippen LogP contribution in [0.25, 0.3) is 0 Å². The molecule has 3 nitrogen and oxygen atoms in total.